The number of carbonyl (C=O) groups is 1. The van der Waals surface area contributed by atoms with E-state index in [0.717, 1.165) is 16.6 Å². The van der Waals surface area contributed by atoms with Crippen molar-refractivity contribution in [3.05, 3.63) is 35.5 Å². The highest BCUT2D eigenvalue weighted by atomic mass is 16.4. The van der Waals surface area contributed by atoms with Gasteiger partial charge in [-0.15, -0.1) is 0 Å². The average Bonchev–Trinajstić information content (AvgIpc) is 2.55. The fourth-order valence-electron chi connectivity index (χ4n) is 2.09. The van der Waals surface area contributed by atoms with Crippen LogP contribution in [0, 0.1) is 0 Å². The second kappa shape index (κ2) is 4.24. The van der Waals surface area contributed by atoms with Crippen LogP contribution in [0.1, 0.15) is 31.0 Å². The monoisotopic (exact) mass is 231 g/mol. The summed E-state index contributed by atoms with van der Waals surface area (Å²) in [5.41, 5.74) is 3.22. The van der Waals surface area contributed by atoms with Crippen LogP contribution < -0.4 is 0 Å². The van der Waals surface area contributed by atoms with Gasteiger partial charge in [0.1, 0.15) is 0 Å². The van der Waals surface area contributed by atoms with Crippen LogP contribution >= 0.6 is 0 Å². The Bertz CT molecular complexity index is 567. The van der Waals surface area contributed by atoms with Crippen molar-refractivity contribution < 1.29 is 9.90 Å². The normalized spacial score (nSPS) is 11.3. The number of aryl methyl sites for hydroxylation is 1. The van der Waals surface area contributed by atoms with Gasteiger partial charge >= 0.3 is 5.97 Å². The number of aromatic nitrogens is 1. The number of aliphatic carboxylic acids is 1. The van der Waals surface area contributed by atoms with Gasteiger partial charge in [0.05, 0.1) is 6.42 Å². The Balaban J connectivity index is 2.54. The Morgan fingerprint density at radius 3 is 2.65 bits per heavy atom. The number of rotatable bonds is 3. The second-order valence-electron chi connectivity index (χ2n) is 4.74. The van der Waals surface area contributed by atoms with Crippen LogP contribution in [0.3, 0.4) is 0 Å². The Hall–Kier alpha value is -1.77. The summed E-state index contributed by atoms with van der Waals surface area (Å²) in [4.78, 5) is 10.8. The maximum absolute atomic E-state index is 10.8. The molecule has 90 valence electrons. The molecular formula is C14H17NO2. The topological polar surface area (TPSA) is 42.2 Å². The number of fused-ring (bicyclic) bond motifs is 1. The first-order chi connectivity index (χ1) is 7.99. The van der Waals surface area contributed by atoms with Crippen LogP contribution in [-0.4, -0.2) is 15.6 Å². The van der Waals surface area contributed by atoms with Crippen LogP contribution in [0.4, 0.5) is 0 Å². The molecule has 17 heavy (non-hydrogen) atoms. The number of nitrogens with zero attached hydrogens (tertiary/aromatic N) is 1. The zero-order valence-electron chi connectivity index (χ0n) is 10.4. The van der Waals surface area contributed by atoms with E-state index in [4.69, 9.17) is 5.11 Å². The first-order valence-corrected chi connectivity index (χ1v) is 5.79. The van der Waals surface area contributed by atoms with Crippen LogP contribution in [-0.2, 0) is 18.3 Å². The summed E-state index contributed by atoms with van der Waals surface area (Å²) in [5, 5.41) is 9.95. The first kappa shape index (κ1) is 11.7. The third-order valence-electron chi connectivity index (χ3n) is 3.17. The van der Waals surface area contributed by atoms with Crippen molar-refractivity contribution in [2.45, 2.75) is 26.2 Å². The van der Waals surface area contributed by atoms with E-state index in [0.29, 0.717) is 5.92 Å². The maximum Gasteiger partial charge on any atom is 0.309 e. The number of carboxylic acid groups (broad SMARTS) is 1. The van der Waals surface area contributed by atoms with Crippen molar-refractivity contribution in [3.8, 4) is 0 Å². The lowest BCUT2D eigenvalue weighted by molar-refractivity contribution is -0.136. The van der Waals surface area contributed by atoms with Crippen molar-refractivity contribution in [3.63, 3.8) is 0 Å². The second-order valence-corrected chi connectivity index (χ2v) is 4.74. The Morgan fingerprint density at radius 1 is 1.35 bits per heavy atom. The predicted octanol–water partition coefficient (Wildman–Crippen LogP) is 2.93. The summed E-state index contributed by atoms with van der Waals surface area (Å²) in [6.07, 6.45) is 0.0716. The van der Waals surface area contributed by atoms with E-state index in [1.54, 1.807) is 0 Å². The average molecular weight is 231 g/mol. The van der Waals surface area contributed by atoms with Crippen LogP contribution in [0.2, 0.25) is 0 Å². The van der Waals surface area contributed by atoms with Crippen molar-refractivity contribution in [1.82, 2.24) is 4.57 Å². The lowest BCUT2D eigenvalue weighted by Crippen LogP contribution is -2.04. The molecule has 2 aromatic rings. The van der Waals surface area contributed by atoms with Gasteiger partial charge in [0.25, 0.3) is 0 Å². The van der Waals surface area contributed by atoms with Gasteiger partial charge < -0.3 is 9.67 Å². The first-order valence-electron chi connectivity index (χ1n) is 5.79. The summed E-state index contributed by atoms with van der Waals surface area (Å²) >= 11 is 0. The summed E-state index contributed by atoms with van der Waals surface area (Å²) in [6.45, 7) is 4.31. The van der Waals surface area contributed by atoms with Crippen molar-refractivity contribution in [2.75, 3.05) is 0 Å². The molecule has 0 unspecified atom stereocenters. The van der Waals surface area contributed by atoms with E-state index < -0.39 is 5.97 Å². The molecular weight excluding hydrogens is 214 g/mol. The predicted molar refractivity (Wildman–Crippen MR) is 68.3 cm³/mol. The van der Waals surface area contributed by atoms with Gasteiger partial charge in [-0.3, -0.25) is 4.79 Å². The summed E-state index contributed by atoms with van der Waals surface area (Å²) in [5.74, 6) is -0.308. The fourth-order valence-corrected chi connectivity index (χ4v) is 2.09. The van der Waals surface area contributed by atoms with E-state index in [1.165, 1.54) is 5.56 Å². The minimum atomic E-state index is -0.792. The molecule has 0 aliphatic carbocycles. The molecule has 0 saturated heterocycles. The van der Waals surface area contributed by atoms with E-state index in [2.05, 4.69) is 32.0 Å². The van der Waals surface area contributed by atoms with E-state index in [-0.39, 0.29) is 6.42 Å². The highest BCUT2D eigenvalue weighted by Crippen LogP contribution is 2.24. The molecule has 0 fully saturated rings. The third kappa shape index (κ3) is 2.18. The maximum atomic E-state index is 10.8. The van der Waals surface area contributed by atoms with Gasteiger partial charge in [-0.2, -0.15) is 0 Å². The zero-order chi connectivity index (χ0) is 12.6. The molecule has 0 aliphatic heterocycles. The quantitative estimate of drug-likeness (QED) is 0.882. The molecule has 1 heterocycles. The molecule has 3 nitrogen and oxygen atoms in total. The Kier molecular flexibility index (Phi) is 2.92. The molecule has 0 radical (unpaired) electrons. The Labute approximate surface area is 101 Å². The van der Waals surface area contributed by atoms with Gasteiger partial charge in [0, 0.05) is 18.3 Å². The number of hydrogen-bond acceptors (Lipinski definition) is 1. The Morgan fingerprint density at radius 2 is 2.06 bits per heavy atom. The molecule has 1 aromatic carbocycles. The molecule has 1 N–H and O–H groups in total. The summed E-state index contributed by atoms with van der Waals surface area (Å²) in [6, 6.07) is 8.27. The minimum absolute atomic E-state index is 0.0716. The molecule has 0 spiro atoms. The van der Waals surface area contributed by atoms with Crippen molar-refractivity contribution in [2.24, 2.45) is 7.05 Å². The minimum Gasteiger partial charge on any atom is -0.481 e. The van der Waals surface area contributed by atoms with Crippen molar-refractivity contribution >= 4 is 16.9 Å². The smallest absolute Gasteiger partial charge is 0.309 e. The molecule has 0 amide bonds. The highest BCUT2D eigenvalue weighted by Gasteiger charge is 2.10. The van der Waals surface area contributed by atoms with Gasteiger partial charge in [0.2, 0.25) is 0 Å². The van der Waals surface area contributed by atoms with Gasteiger partial charge in [-0.25, -0.2) is 0 Å². The third-order valence-corrected chi connectivity index (χ3v) is 3.17. The van der Waals surface area contributed by atoms with E-state index >= 15 is 0 Å². The SMILES string of the molecule is CC(C)c1ccc2cc(CC(=O)O)n(C)c2c1. The molecule has 1 aromatic heterocycles. The van der Waals surface area contributed by atoms with Crippen LogP contribution in [0.15, 0.2) is 24.3 Å². The van der Waals surface area contributed by atoms with Gasteiger partial charge in [0.15, 0.2) is 0 Å². The van der Waals surface area contributed by atoms with Gasteiger partial charge in [-0.1, -0.05) is 26.0 Å². The van der Waals surface area contributed by atoms with E-state index in [1.807, 2.05) is 17.7 Å². The van der Waals surface area contributed by atoms with Crippen LogP contribution in [0.25, 0.3) is 10.9 Å². The highest BCUT2D eigenvalue weighted by molar-refractivity contribution is 5.83. The molecule has 0 bridgehead atoms. The number of carboxylic acids is 1. The lowest BCUT2D eigenvalue weighted by atomic mass is 10.0. The molecule has 0 atom stereocenters. The zero-order valence-corrected chi connectivity index (χ0v) is 10.4. The van der Waals surface area contributed by atoms with Gasteiger partial charge in [-0.05, 0) is 29.0 Å². The molecule has 0 aliphatic rings. The van der Waals surface area contributed by atoms with E-state index in [9.17, 15) is 4.79 Å². The number of benzene rings is 1. The van der Waals surface area contributed by atoms with Crippen LogP contribution in [0.5, 0.6) is 0 Å². The standard InChI is InChI=1S/C14H17NO2/c1-9(2)10-4-5-11-6-12(8-14(16)17)15(3)13(11)7-10/h4-7,9H,8H2,1-3H3,(H,16,17). The summed E-state index contributed by atoms with van der Waals surface area (Å²) < 4.78 is 1.97. The number of hydrogen-bond donors (Lipinski definition) is 1. The molecule has 2 rings (SSSR count). The summed E-state index contributed by atoms with van der Waals surface area (Å²) in [7, 11) is 1.92. The lowest BCUT2D eigenvalue weighted by Gasteiger charge is -2.06. The largest absolute Gasteiger partial charge is 0.481 e. The fraction of sp³-hybridized carbons (Fsp3) is 0.357. The van der Waals surface area contributed by atoms with Crippen molar-refractivity contribution in [1.29, 1.82) is 0 Å². The molecule has 0 saturated carbocycles. The molecule has 3 heteroatoms.